The van der Waals surface area contributed by atoms with Crippen molar-refractivity contribution in [3.8, 4) is 0 Å². The SMILES string of the molecule is O=C1C(=Cc2ccc(N3c4ccccc4Sc4ccc(F)cc43)s2)C(=O)c2ccccc21. The Bertz CT molecular complexity index is 1430. The van der Waals surface area contributed by atoms with Gasteiger partial charge in [-0.15, -0.1) is 11.3 Å². The maximum Gasteiger partial charge on any atom is 0.197 e. The lowest BCUT2D eigenvalue weighted by atomic mass is 10.1. The molecule has 1 aliphatic carbocycles. The fourth-order valence-corrected chi connectivity index (χ4v) is 6.07. The third-order valence-electron chi connectivity index (χ3n) is 5.51. The van der Waals surface area contributed by atoms with Crippen LogP contribution in [0.1, 0.15) is 25.6 Å². The second-order valence-corrected chi connectivity index (χ2v) is 9.63. The van der Waals surface area contributed by atoms with Crippen LogP contribution in [0.15, 0.2) is 94.2 Å². The van der Waals surface area contributed by atoms with E-state index in [1.165, 1.54) is 23.5 Å². The Balaban J connectivity index is 1.44. The van der Waals surface area contributed by atoms with E-state index in [0.29, 0.717) is 11.1 Å². The third kappa shape index (κ3) is 2.95. The summed E-state index contributed by atoms with van der Waals surface area (Å²) >= 11 is 3.07. The second-order valence-electron chi connectivity index (χ2n) is 7.46. The molecule has 3 aromatic carbocycles. The molecule has 154 valence electrons. The molecule has 0 fully saturated rings. The van der Waals surface area contributed by atoms with Gasteiger partial charge in [0.1, 0.15) is 10.8 Å². The lowest BCUT2D eigenvalue weighted by Crippen LogP contribution is -2.13. The molecule has 1 aromatic heterocycles. The molecule has 0 N–H and O–H groups in total. The highest BCUT2D eigenvalue weighted by Crippen LogP contribution is 2.52. The molecule has 1 aliphatic heterocycles. The Morgan fingerprint density at radius 3 is 2.22 bits per heavy atom. The van der Waals surface area contributed by atoms with Crippen LogP contribution in [0.3, 0.4) is 0 Å². The van der Waals surface area contributed by atoms with E-state index in [9.17, 15) is 14.0 Å². The van der Waals surface area contributed by atoms with Crippen molar-refractivity contribution in [2.24, 2.45) is 0 Å². The molecule has 2 aliphatic rings. The largest absolute Gasteiger partial charge is 0.299 e. The zero-order chi connectivity index (χ0) is 21.8. The van der Waals surface area contributed by atoms with Gasteiger partial charge in [-0.05, 0) is 48.5 Å². The number of halogens is 1. The van der Waals surface area contributed by atoms with Gasteiger partial charge in [0.15, 0.2) is 11.6 Å². The number of rotatable bonds is 2. The number of hydrogen-bond donors (Lipinski definition) is 0. The number of anilines is 3. The number of hydrogen-bond acceptors (Lipinski definition) is 5. The van der Waals surface area contributed by atoms with Crippen LogP contribution >= 0.6 is 23.1 Å². The molecule has 0 bridgehead atoms. The van der Waals surface area contributed by atoms with Gasteiger partial charge in [-0.1, -0.05) is 48.2 Å². The second kappa shape index (κ2) is 7.29. The van der Waals surface area contributed by atoms with Crippen LogP contribution in [0.2, 0.25) is 0 Å². The molecule has 6 rings (SSSR count). The van der Waals surface area contributed by atoms with Gasteiger partial charge >= 0.3 is 0 Å². The van der Waals surface area contributed by atoms with Crippen molar-refractivity contribution in [1.29, 1.82) is 0 Å². The van der Waals surface area contributed by atoms with E-state index in [1.807, 2.05) is 41.3 Å². The zero-order valence-corrected chi connectivity index (χ0v) is 18.2. The first kappa shape index (κ1) is 19.2. The van der Waals surface area contributed by atoms with Crippen LogP contribution in [-0.4, -0.2) is 11.6 Å². The molecule has 3 nitrogen and oxygen atoms in total. The summed E-state index contributed by atoms with van der Waals surface area (Å²) in [6.45, 7) is 0. The zero-order valence-electron chi connectivity index (χ0n) is 16.5. The van der Waals surface area contributed by atoms with E-state index < -0.39 is 0 Å². The maximum atomic E-state index is 14.1. The number of Topliss-reactive ketones (excluding diaryl/α,β-unsaturated/α-hetero) is 2. The number of ketones is 2. The quantitative estimate of drug-likeness (QED) is 0.207. The fourth-order valence-electron chi connectivity index (χ4n) is 4.05. The van der Waals surface area contributed by atoms with Crippen LogP contribution in [0, 0.1) is 5.82 Å². The van der Waals surface area contributed by atoms with Gasteiger partial charge in [-0.3, -0.25) is 14.5 Å². The van der Waals surface area contributed by atoms with Gasteiger partial charge in [0.2, 0.25) is 0 Å². The summed E-state index contributed by atoms with van der Waals surface area (Å²) in [4.78, 5) is 30.4. The summed E-state index contributed by atoms with van der Waals surface area (Å²) in [5.41, 5.74) is 2.83. The Morgan fingerprint density at radius 2 is 1.44 bits per heavy atom. The minimum absolute atomic E-state index is 0.181. The van der Waals surface area contributed by atoms with Gasteiger partial charge < -0.3 is 0 Å². The van der Waals surface area contributed by atoms with Crippen LogP contribution in [0.25, 0.3) is 6.08 Å². The van der Waals surface area contributed by atoms with Crippen LogP contribution in [-0.2, 0) is 0 Å². The van der Waals surface area contributed by atoms with Gasteiger partial charge in [-0.2, -0.15) is 0 Å². The highest BCUT2D eigenvalue weighted by molar-refractivity contribution is 7.99. The van der Waals surface area contributed by atoms with Crippen molar-refractivity contribution in [2.75, 3.05) is 4.90 Å². The molecular formula is C26H14FNO2S2. The van der Waals surface area contributed by atoms with E-state index in [0.717, 1.165) is 31.0 Å². The highest BCUT2D eigenvalue weighted by atomic mass is 32.2. The first-order chi connectivity index (χ1) is 15.6. The number of carbonyl (C=O) groups is 2. The first-order valence-corrected chi connectivity index (χ1v) is 11.6. The molecule has 32 heavy (non-hydrogen) atoms. The summed E-state index contributed by atoms with van der Waals surface area (Å²) in [6.07, 6.45) is 1.66. The highest BCUT2D eigenvalue weighted by Gasteiger charge is 2.33. The van der Waals surface area contributed by atoms with Crippen molar-refractivity contribution >= 4 is 57.1 Å². The Morgan fingerprint density at radius 1 is 0.750 bits per heavy atom. The third-order valence-corrected chi connectivity index (χ3v) is 7.66. The summed E-state index contributed by atoms with van der Waals surface area (Å²) in [5.74, 6) is -0.784. The van der Waals surface area contributed by atoms with Crippen molar-refractivity contribution in [2.45, 2.75) is 9.79 Å². The summed E-state index contributed by atoms with van der Waals surface area (Å²) < 4.78 is 14.1. The molecule has 0 saturated heterocycles. The maximum absolute atomic E-state index is 14.1. The van der Waals surface area contributed by atoms with Gasteiger partial charge in [0.05, 0.1) is 16.9 Å². The lowest BCUT2D eigenvalue weighted by Gasteiger charge is -2.31. The molecule has 0 atom stereocenters. The molecular weight excluding hydrogens is 441 g/mol. The molecule has 2 heterocycles. The van der Waals surface area contributed by atoms with Crippen molar-refractivity contribution < 1.29 is 14.0 Å². The van der Waals surface area contributed by atoms with E-state index >= 15 is 0 Å². The molecule has 6 heteroatoms. The molecule has 0 amide bonds. The molecule has 0 unspecified atom stereocenters. The topological polar surface area (TPSA) is 37.4 Å². The number of fused-ring (bicyclic) bond motifs is 3. The number of thiophene rings is 1. The van der Waals surface area contributed by atoms with Crippen LogP contribution in [0.4, 0.5) is 20.8 Å². The lowest BCUT2D eigenvalue weighted by molar-refractivity contribution is 0.0990. The average molecular weight is 456 g/mol. The molecule has 0 spiro atoms. The number of nitrogens with zero attached hydrogens (tertiary/aromatic N) is 1. The summed E-state index contributed by atoms with van der Waals surface area (Å²) in [5, 5.41) is 0.881. The Labute approximate surface area is 191 Å². The van der Waals surface area contributed by atoms with Crippen molar-refractivity contribution in [3.05, 3.63) is 106 Å². The average Bonchev–Trinajstić information content (AvgIpc) is 3.37. The minimum Gasteiger partial charge on any atom is -0.299 e. The monoisotopic (exact) mass is 455 g/mol. The smallest absolute Gasteiger partial charge is 0.197 e. The predicted molar refractivity (Wildman–Crippen MR) is 126 cm³/mol. The van der Waals surface area contributed by atoms with Crippen LogP contribution in [0.5, 0.6) is 0 Å². The first-order valence-electron chi connectivity index (χ1n) is 9.97. The van der Waals surface area contributed by atoms with Gasteiger partial charge in [-0.25, -0.2) is 4.39 Å². The summed E-state index contributed by atoms with van der Waals surface area (Å²) in [6, 6.07) is 23.5. The van der Waals surface area contributed by atoms with Crippen LogP contribution < -0.4 is 4.90 Å². The molecule has 0 saturated carbocycles. The Hall–Kier alpha value is -3.48. The Kier molecular flexibility index (Phi) is 4.38. The predicted octanol–water partition coefficient (Wildman–Crippen LogP) is 7.28. The molecule has 4 aromatic rings. The standard InChI is InChI=1S/C26H14FNO2S2/c27-15-9-11-23-21(13-15)28(20-7-3-4-8-22(20)32-23)24-12-10-16(31-24)14-19-25(29)17-5-1-2-6-18(17)26(19)30/h1-14H. The van der Waals surface area contributed by atoms with Gasteiger partial charge in [0.25, 0.3) is 0 Å². The van der Waals surface area contributed by atoms with E-state index in [-0.39, 0.29) is 23.0 Å². The van der Waals surface area contributed by atoms with E-state index in [4.69, 9.17) is 0 Å². The summed E-state index contributed by atoms with van der Waals surface area (Å²) in [7, 11) is 0. The van der Waals surface area contributed by atoms with Crippen molar-refractivity contribution in [1.82, 2.24) is 0 Å². The fraction of sp³-hybridized carbons (Fsp3) is 0. The van der Waals surface area contributed by atoms with E-state index in [1.54, 1.807) is 48.2 Å². The number of allylic oxidation sites excluding steroid dienone is 1. The number of para-hydroxylation sites is 1. The number of carbonyl (C=O) groups excluding carboxylic acids is 2. The normalized spacial score (nSPS) is 14.3. The van der Waals surface area contributed by atoms with E-state index in [2.05, 4.69) is 0 Å². The number of benzene rings is 3. The van der Waals surface area contributed by atoms with Gasteiger partial charge in [0, 0.05) is 25.8 Å². The minimum atomic E-state index is -0.299. The molecule has 0 radical (unpaired) electrons. The van der Waals surface area contributed by atoms with Crippen molar-refractivity contribution in [3.63, 3.8) is 0 Å².